The first-order chi connectivity index (χ1) is 46.7. The molecule has 0 aliphatic heterocycles. The van der Waals surface area contributed by atoms with Crippen LogP contribution < -0.4 is 37.9 Å². The van der Waals surface area contributed by atoms with Gasteiger partial charge < -0.3 is 56.8 Å². The highest BCUT2D eigenvalue weighted by Crippen LogP contribution is 2.33. The van der Waals surface area contributed by atoms with E-state index in [4.69, 9.17) is 56.8 Å². The molecule has 0 saturated heterocycles. The van der Waals surface area contributed by atoms with Crippen LogP contribution in [0, 0.1) is 0 Å². The highest BCUT2D eigenvalue weighted by molar-refractivity contribution is 5.94. The maximum absolute atomic E-state index is 13.4. The van der Waals surface area contributed by atoms with Crippen molar-refractivity contribution in [2.24, 2.45) is 0 Å². The first-order valence-electron chi connectivity index (χ1n) is 32.0. The molecule has 96 heavy (non-hydrogen) atoms. The molecule has 0 aliphatic rings. The van der Waals surface area contributed by atoms with Crippen LogP contribution in [0.2, 0.25) is 0 Å². The van der Waals surface area contributed by atoms with Gasteiger partial charge >= 0.3 is 47.8 Å². The van der Waals surface area contributed by atoms with Crippen LogP contribution >= 0.6 is 0 Å². The van der Waals surface area contributed by atoms with Crippen molar-refractivity contribution in [3.05, 3.63) is 206 Å². The summed E-state index contributed by atoms with van der Waals surface area (Å²) in [5.74, 6) is -1.77. The van der Waals surface area contributed by atoms with E-state index in [0.717, 1.165) is 112 Å². The lowest BCUT2D eigenvalue weighted by Gasteiger charge is -2.14. The third kappa shape index (κ3) is 27.4. The molecule has 0 bridgehead atoms. The summed E-state index contributed by atoms with van der Waals surface area (Å²) in [5.41, 5.74) is 2.45. The molecule has 0 unspecified atom stereocenters. The summed E-state index contributed by atoms with van der Waals surface area (Å²) in [6.45, 7) is 16.3. The molecule has 0 heterocycles. The summed E-state index contributed by atoms with van der Waals surface area (Å²) in [7, 11) is 0. The molecule has 6 aromatic carbocycles. The van der Waals surface area contributed by atoms with E-state index in [0.29, 0.717) is 102 Å². The summed E-state index contributed by atoms with van der Waals surface area (Å²) in [4.78, 5) is 98.4. The van der Waals surface area contributed by atoms with E-state index in [1.807, 2.05) is 0 Å². The number of esters is 8. The van der Waals surface area contributed by atoms with Gasteiger partial charge in [-0.1, -0.05) is 50.6 Å². The third-order valence-electron chi connectivity index (χ3n) is 14.3. The molecule has 0 aliphatic carbocycles. The van der Waals surface area contributed by atoms with E-state index in [9.17, 15) is 38.4 Å². The monoisotopic (exact) mass is 1310 g/mol. The SMILES string of the molecule is C=CC(=O)OCCCCCCOc1ccc(C(=O)Oc2ccc(C(=O)Oc3ccc(-c4ccc(OC(=O)c5ccc(OC(=O)c6ccc(OCCCCCCOC(=O)C=C)c(OCCCCCCOC(=O)C=C)c6)cc5)cc4)cc3)cc2)cc1OCCCCCCOC(=O)C=C. The summed E-state index contributed by atoms with van der Waals surface area (Å²) in [6, 6.07) is 35.2. The predicted molar refractivity (Wildman–Crippen MR) is 358 cm³/mol. The number of hydrogen-bond acceptors (Lipinski definition) is 20. The Morgan fingerprint density at radius 3 is 0.729 bits per heavy atom. The molecular formula is C76H82O20. The molecule has 506 valence electrons. The Hall–Kier alpha value is -10.8. The van der Waals surface area contributed by atoms with Crippen molar-refractivity contribution in [1.29, 1.82) is 0 Å². The second-order valence-electron chi connectivity index (χ2n) is 21.5. The van der Waals surface area contributed by atoms with Gasteiger partial charge in [0.25, 0.3) is 0 Å². The number of benzene rings is 6. The minimum absolute atomic E-state index is 0.192. The lowest BCUT2D eigenvalue weighted by atomic mass is 10.1. The molecule has 20 nitrogen and oxygen atoms in total. The maximum Gasteiger partial charge on any atom is 0.343 e. The van der Waals surface area contributed by atoms with Gasteiger partial charge in [-0.2, -0.15) is 0 Å². The van der Waals surface area contributed by atoms with Crippen LogP contribution in [0.25, 0.3) is 11.1 Å². The smallest absolute Gasteiger partial charge is 0.343 e. The Morgan fingerprint density at radius 2 is 0.469 bits per heavy atom. The van der Waals surface area contributed by atoms with E-state index in [2.05, 4.69) is 26.3 Å². The summed E-state index contributed by atoms with van der Waals surface area (Å²) < 4.78 is 67.1. The fourth-order valence-electron chi connectivity index (χ4n) is 9.03. The molecule has 0 spiro atoms. The van der Waals surface area contributed by atoms with Crippen LogP contribution in [0.3, 0.4) is 0 Å². The van der Waals surface area contributed by atoms with Gasteiger partial charge in [0.2, 0.25) is 0 Å². The van der Waals surface area contributed by atoms with Gasteiger partial charge in [0.1, 0.15) is 23.0 Å². The fourth-order valence-corrected chi connectivity index (χ4v) is 9.03. The average molecular weight is 1320 g/mol. The molecule has 0 atom stereocenters. The van der Waals surface area contributed by atoms with Crippen molar-refractivity contribution in [3.63, 3.8) is 0 Å². The number of carbonyl (C=O) groups excluding carboxylic acids is 8. The topological polar surface area (TPSA) is 247 Å². The molecule has 6 aromatic rings. The standard InChI is InChI=1S/C76H82O20/c1-5-69(77)89-49-21-13-9-17-45-85-65-43-33-59(53-67(65)87-47-19-11-15-23-51-91-71(79)7-3)75(83)95-63-39-29-57(30-40-63)73(81)93-61-35-25-55(26-36-61)56-27-37-62(38-28-56)94-74(82)58-31-41-64(42-32-58)96-76(84)60-34-44-66(86-46-18-10-14-22-50-90-70(78)6-2)68(54-60)88-48-20-12-16-24-52-92-72(80)8-4/h5-8,25-44,53-54H,1-4,9-24,45-52H2. The van der Waals surface area contributed by atoms with Crippen LogP contribution in [0.5, 0.6) is 46.0 Å². The summed E-state index contributed by atoms with van der Waals surface area (Å²) in [5, 5.41) is 0. The van der Waals surface area contributed by atoms with Crippen LogP contribution in [-0.4, -0.2) is 101 Å². The molecule has 20 heteroatoms. The van der Waals surface area contributed by atoms with Crippen molar-refractivity contribution in [1.82, 2.24) is 0 Å². The first-order valence-corrected chi connectivity index (χ1v) is 32.0. The Kier molecular flexibility index (Phi) is 32.9. The predicted octanol–water partition coefficient (Wildman–Crippen LogP) is 14.9. The summed E-state index contributed by atoms with van der Waals surface area (Å²) >= 11 is 0. The molecule has 6 rings (SSSR count). The zero-order valence-electron chi connectivity index (χ0n) is 54.0. The molecule has 0 aromatic heterocycles. The van der Waals surface area contributed by atoms with Gasteiger partial charge in [-0.25, -0.2) is 38.4 Å². The van der Waals surface area contributed by atoms with Gasteiger partial charge in [-0.05, 0) is 223 Å². The highest BCUT2D eigenvalue weighted by Gasteiger charge is 2.19. The van der Waals surface area contributed by atoms with Gasteiger partial charge in [0.05, 0.1) is 75.1 Å². The number of ether oxygens (including phenoxy) is 12. The van der Waals surface area contributed by atoms with Crippen LogP contribution in [-0.2, 0) is 38.1 Å². The van der Waals surface area contributed by atoms with E-state index >= 15 is 0 Å². The van der Waals surface area contributed by atoms with Crippen molar-refractivity contribution in [3.8, 4) is 57.1 Å². The van der Waals surface area contributed by atoms with Gasteiger partial charge in [0, 0.05) is 24.3 Å². The van der Waals surface area contributed by atoms with Gasteiger partial charge in [-0.3, -0.25) is 0 Å². The first kappa shape index (κ1) is 74.3. The number of rotatable bonds is 45. The molecule has 0 saturated carbocycles. The van der Waals surface area contributed by atoms with Crippen molar-refractivity contribution in [2.75, 3.05) is 52.9 Å². The van der Waals surface area contributed by atoms with Crippen molar-refractivity contribution in [2.45, 2.75) is 103 Å². The Labute approximate surface area is 559 Å². The van der Waals surface area contributed by atoms with E-state index in [1.165, 1.54) is 48.5 Å². The highest BCUT2D eigenvalue weighted by atomic mass is 16.6. The number of carbonyl (C=O) groups is 8. The number of hydrogen-bond donors (Lipinski definition) is 0. The lowest BCUT2D eigenvalue weighted by Crippen LogP contribution is -2.11. The minimum Gasteiger partial charge on any atom is -0.490 e. The zero-order chi connectivity index (χ0) is 68.5. The van der Waals surface area contributed by atoms with E-state index in [1.54, 1.807) is 84.9 Å². The zero-order valence-corrected chi connectivity index (χ0v) is 54.0. The van der Waals surface area contributed by atoms with Crippen LogP contribution in [0.1, 0.15) is 144 Å². The largest absolute Gasteiger partial charge is 0.490 e. The van der Waals surface area contributed by atoms with E-state index < -0.39 is 47.8 Å². The number of unbranched alkanes of at least 4 members (excludes halogenated alkanes) is 12. The lowest BCUT2D eigenvalue weighted by molar-refractivity contribution is -0.138. The van der Waals surface area contributed by atoms with Crippen LogP contribution in [0.15, 0.2) is 184 Å². The molecule has 0 amide bonds. The molecule has 0 N–H and O–H groups in total. The summed E-state index contributed by atoms with van der Waals surface area (Å²) in [6.07, 6.45) is 16.9. The Bertz CT molecular complexity index is 3280. The maximum atomic E-state index is 13.4. The van der Waals surface area contributed by atoms with Crippen molar-refractivity contribution < 1.29 is 95.2 Å². The Balaban J connectivity index is 0.953. The fraction of sp³-hybridized carbons (Fsp3) is 0.316. The van der Waals surface area contributed by atoms with Gasteiger partial charge in [0.15, 0.2) is 23.0 Å². The second kappa shape index (κ2) is 42.5. The minimum atomic E-state index is -0.657. The molecule has 0 radical (unpaired) electrons. The normalized spacial score (nSPS) is 10.5. The third-order valence-corrected chi connectivity index (χ3v) is 14.3. The Morgan fingerprint density at radius 1 is 0.250 bits per heavy atom. The molecule has 0 fully saturated rings. The average Bonchev–Trinajstić information content (AvgIpc) is 1.03. The molecular weight excluding hydrogens is 1230 g/mol. The van der Waals surface area contributed by atoms with Gasteiger partial charge in [-0.15, -0.1) is 0 Å². The quantitative estimate of drug-likeness (QED) is 0.0113. The van der Waals surface area contributed by atoms with E-state index in [-0.39, 0.29) is 45.3 Å². The van der Waals surface area contributed by atoms with Crippen molar-refractivity contribution >= 4 is 47.8 Å². The second-order valence-corrected chi connectivity index (χ2v) is 21.5. The van der Waals surface area contributed by atoms with Crippen LogP contribution in [0.4, 0.5) is 0 Å².